The van der Waals surface area contributed by atoms with Crippen LogP contribution in [0.5, 0.6) is 0 Å². The van der Waals surface area contributed by atoms with Crippen molar-refractivity contribution < 1.29 is 13.2 Å². The van der Waals surface area contributed by atoms with Crippen LogP contribution in [0.2, 0.25) is 0 Å². The van der Waals surface area contributed by atoms with Crippen LogP contribution in [0.25, 0.3) is 10.9 Å². The number of nitrogens with zero attached hydrogens (tertiary/aromatic N) is 1. The highest BCUT2D eigenvalue weighted by molar-refractivity contribution is 5.80. The Balaban J connectivity index is 1.85. The van der Waals surface area contributed by atoms with Gasteiger partial charge >= 0.3 is 6.18 Å². The number of hydrogen-bond donors (Lipinski definition) is 2. The van der Waals surface area contributed by atoms with Crippen LogP contribution in [0.1, 0.15) is 24.4 Å². The molecule has 0 spiro atoms. The molecule has 0 amide bonds. The number of halogens is 3. The Kier molecular flexibility index (Phi) is 4.40. The van der Waals surface area contributed by atoms with E-state index in [1.54, 1.807) is 0 Å². The first-order valence-corrected chi connectivity index (χ1v) is 7.61. The molecule has 0 aliphatic carbocycles. The van der Waals surface area contributed by atoms with E-state index >= 15 is 0 Å². The smallest absolute Gasteiger partial charge is 0.361 e. The van der Waals surface area contributed by atoms with E-state index in [4.69, 9.17) is 0 Å². The Labute approximate surface area is 127 Å². The first-order valence-electron chi connectivity index (χ1n) is 7.61. The summed E-state index contributed by atoms with van der Waals surface area (Å²) in [5, 5.41) is 4.30. The molecule has 1 saturated heterocycles. The van der Waals surface area contributed by atoms with Crippen molar-refractivity contribution in [3.05, 3.63) is 36.0 Å². The maximum Gasteiger partial charge on any atom is 0.389 e. The minimum absolute atomic E-state index is 0.111. The summed E-state index contributed by atoms with van der Waals surface area (Å²) >= 11 is 0. The number of hydrogen-bond acceptors (Lipinski definition) is 2. The fraction of sp³-hybridized carbons (Fsp3) is 0.500. The lowest BCUT2D eigenvalue weighted by Gasteiger charge is -2.35. The molecule has 3 rings (SSSR count). The number of aromatic amines is 1. The Bertz CT molecular complexity index is 614. The molecular formula is C16H20F3N3. The van der Waals surface area contributed by atoms with Crippen molar-refractivity contribution in [2.75, 3.05) is 26.2 Å². The lowest BCUT2D eigenvalue weighted by atomic mass is 9.98. The number of aromatic nitrogens is 1. The summed E-state index contributed by atoms with van der Waals surface area (Å²) in [6.07, 6.45) is -2.89. The van der Waals surface area contributed by atoms with Crippen LogP contribution in [0.15, 0.2) is 30.5 Å². The molecule has 1 fully saturated rings. The number of rotatable bonds is 4. The zero-order chi connectivity index (χ0) is 15.6. The summed E-state index contributed by atoms with van der Waals surface area (Å²) in [4.78, 5) is 5.28. The maximum atomic E-state index is 12.7. The molecule has 3 nitrogen and oxygen atoms in total. The molecule has 1 aromatic carbocycles. The van der Waals surface area contributed by atoms with Gasteiger partial charge < -0.3 is 10.3 Å². The minimum atomic E-state index is -4.11. The van der Waals surface area contributed by atoms with Gasteiger partial charge in [-0.3, -0.25) is 4.90 Å². The number of alkyl halides is 3. The molecule has 0 bridgehead atoms. The van der Waals surface area contributed by atoms with Crippen molar-refractivity contribution >= 4 is 10.9 Å². The van der Waals surface area contributed by atoms with Crippen LogP contribution in [-0.4, -0.2) is 42.2 Å². The second-order valence-electron chi connectivity index (χ2n) is 5.78. The highest BCUT2D eigenvalue weighted by Gasteiger charge is 2.31. The van der Waals surface area contributed by atoms with Gasteiger partial charge in [-0.05, 0) is 35.6 Å². The van der Waals surface area contributed by atoms with Crippen LogP contribution in [-0.2, 0) is 0 Å². The summed E-state index contributed by atoms with van der Waals surface area (Å²) in [6.45, 7) is 3.23. The van der Waals surface area contributed by atoms with Gasteiger partial charge in [0.25, 0.3) is 0 Å². The van der Waals surface area contributed by atoms with E-state index in [1.807, 2.05) is 30.5 Å². The van der Waals surface area contributed by atoms with E-state index in [0.29, 0.717) is 0 Å². The van der Waals surface area contributed by atoms with Crippen LogP contribution >= 0.6 is 0 Å². The van der Waals surface area contributed by atoms with E-state index in [2.05, 4.69) is 15.2 Å². The minimum Gasteiger partial charge on any atom is -0.361 e. The fourth-order valence-electron chi connectivity index (χ4n) is 3.13. The summed E-state index contributed by atoms with van der Waals surface area (Å²) in [5.74, 6) is 0. The zero-order valence-electron chi connectivity index (χ0n) is 12.3. The third-order valence-electron chi connectivity index (χ3n) is 4.26. The third-order valence-corrected chi connectivity index (χ3v) is 4.26. The molecule has 2 aromatic rings. The number of fused-ring (bicyclic) bond motifs is 1. The van der Waals surface area contributed by atoms with E-state index in [0.717, 1.165) is 42.6 Å². The quantitative estimate of drug-likeness (QED) is 0.906. The standard InChI is InChI=1S/C16H20F3N3/c17-16(18,19)5-3-15(22-9-7-20-8-10-22)13-1-2-14-12(11-13)4-6-21-14/h1-2,4,6,11,15,20-21H,3,5,7-10H2/t15-/m0/s1. The molecule has 1 aliphatic heterocycles. The molecule has 0 radical (unpaired) electrons. The molecule has 1 aromatic heterocycles. The van der Waals surface area contributed by atoms with E-state index in [-0.39, 0.29) is 12.5 Å². The van der Waals surface area contributed by atoms with E-state index < -0.39 is 12.6 Å². The average Bonchev–Trinajstić information content (AvgIpc) is 2.95. The molecule has 22 heavy (non-hydrogen) atoms. The Morgan fingerprint density at radius 1 is 1.14 bits per heavy atom. The average molecular weight is 311 g/mol. The lowest BCUT2D eigenvalue weighted by molar-refractivity contribution is -0.138. The first kappa shape index (κ1) is 15.4. The molecule has 0 unspecified atom stereocenters. The second-order valence-corrected chi connectivity index (χ2v) is 5.78. The molecule has 6 heteroatoms. The third kappa shape index (κ3) is 3.62. The second kappa shape index (κ2) is 6.30. The van der Waals surface area contributed by atoms with Crippen molar-refractivity contribution in [1.29, 1.82) is 0 Å². The molecule has 0 saturated carbocycles. The largest absolute Gasteiger partial charge is 0.389 e. The predicted octanol–water partition coefficient (Wildman–Crippen LogP) is 3.46. The van der Waals surface area contributed by atoms with Gasteiger partial charge in [-0.25, -0.2) is 0 Å². The lowest BCUT2D eigenvalue weighted by Crippen LogP contribution is -2.45. The number of H-pyrrole nitrogens is 1. The van der Waals surface area contributed by atoms with Crippen LogP contribution in [0.3, 0.4) is 0 Å². The van der Waals surface area contributed by atoms with Crippen molar-refractivity contribution in [3.8, 4) is 0 Å². The monoisotopic (exact) mass is 311 g/mol. The summed E-state index contributed by atoms with van der Waals surface area (Å²) < 4.78 is 38.0. The highest BCUT2D eigenvalue weighted by Crippen LogP contribution is 2.32. The molecule has 1 aliphatic rings. The molecule has 1 atom stereocenters. The number of benzene rings is 1. The van der Waals surface area contributed by atoms with Crippen molar-refractivity contribution in [2.45, 2.75) is 25.1 Å². The maximum absolute atomic E-state index is 12.7. The van der Waals surface area contributed by atoms with Gasteiger partial charge in [-0.1, -0.05) is 6.07 Å². The molecule has 2 N–H and O–H groups in total. The Morgan fingerprint density at radius 3 is 2.64 bits per heavy atom. The van der Waals surface area contributed by atoms with E-state index in [9.17, 15) is 13.2 Å². The molecule has 120 valence electrons. The normalized spacial score (nSPS) is 18.7. The van der Waals surface area contributed by atoms with Crippen LogP contribution in [0, 0.1) is 0 Å². The number of nitrogens with one attached hydrogen (secondary N) is 2. The van der Waals surface area contributed by atoms with Crippen LogP contribution < -0.4 is 5.32 Å². The number of piperazine rings is 1. The Morgan fingerprint density at radius 2 is 1.91 bits per heavy atom. The zero-order valence-corrected chi connectivity index (χ0v) is 12.3. The Hall–Kier alpha value is -1.53. The summed E-state index contributed by atoms with van der Waals surface area (Å²) in [7, 11) is 0. The van der Waals surface area contributed by atoms with Crippen molar-refractivity contribution in [3.63, 3.8) is 0 Å². The van der Waals surface area contributed by atoms with Crippen molar-refractivity contribution in [2.24, 2.45) is 0 Å². The predicted molar refractivity (Wildman–Crippen MR) is 80.8 cm³/mol. The SMILES string of the molecule is FC(F)(F)CC[C@@H](c1ccc2[nH]ccc2c1)N1CCNCC1. The van der Waals surface area contributed by atoms with Gasteiger partial charge in [-0.2, -0.15) is 13.2 Å². The van der Waals surface area contributed by atoms with Gasteiger partial charge in [0.2, 0.25) is 0 Å². The van der Waals surface area contributed by atoms with Crippen molar-refractivity contribution in [1.82, 2.24) is 15.2 Å². The van der Waals surface area contributed by atoms with Crippen LogP contribution in [0.4, 0.5) is 13.2 Å². The van der Waals surface area contributed by atoms with E-state index in [1.165, 1.54) is 0 Å². The summed E-state index contributed by atoms with van der Waals surface area (Å²) in [6, 6.07) is 7.69. The fourth-order valence-corrected chi connectivity index (χ4v) is 3.13. The van der Waals surface area contributed by atoms with Gasteiger partial charge in [0.05, 0.1) is 0 Å². The first-order chi connectivity index (χ1) is 10.5. The molecule has 2 heterocycles. The van der Waals surface area contributed by atoms with Gasteiger partial charge in [0.15, 0.2) is 0 Å². The molecular weight excluding hydrogens is 291 g/mol. The van der Waals surface area contributed by atoms with Gasteiger partial charge in [-0.15, -0.1) is 0 Å². The topological polar surface area (TPSA) is 31.1 Å². The van der Waals surface area contributed by atoms with Gasteiger partial charge in [0.1, 0.15) is 0 Å². The van der Waals surface area contributed by atoms with Gasteiger partial charge in [0, 0.05) is 50.4 Å². The highest BCUT2D eigenvalue weighted by atomic mass is 19.4. The summed E-state index contributed by atoms with van der Waals surface area (Å²) in [5.41, 5.74) is 1.98.